The second kappa shape index (κ2) is 11.2. The van der Waals surface area contributed by atoms with E-state index in [2.05, 4.69) is 0 Å². The lowest BCUT2D eigenvalue weighted by molar-refractivity contribution is 0.664. The summed E-state index contributed by atoms with van der Waals surface area (Å²) in [6.45, 7) is 0. The van der Waals surface area contributed by atoms with Crippen LogP contribution in [0.25, 0.3) is 88.1 Å². The zero-order valence-electron chi connectivity index (χ0n) is 54.7. The lowest BCUT2D eigenvalue weighted by Gasteiger charge is -2.25. The van der Waals surface area contributed by atoms with E-state index in [-0.39, 0.29) is 0 Å². The summed E-state index contributed by atoms with van der Waals surface area (Å²) >= 11 is 0. The molecule has 0 bridgehead atoms. The third-order valence-corrected chi connectivity index (χ3v) is 8.20. The van der Waals surface area contributed by atoms with E-state index in [1.54, 1.807) is 0 Å². The number of para-hydroxylation sites is 3. The SMILES string of the molecule is [2H]c1c([2H])c([2H])c(-c2c([2H])c([2H])c(N(c3c([2H])c([2H])c4c(oc5c(-c6c([2H])c([2H])c([2H])c([2H])c6[2H])c6c(oc7c([2H])c([2H])c([2H])c([2H])c76)c([2H])c54)c3[2H])c3c([2H])c([2H])c([2H])c4c3oc3c([2H])c([2H])c([2H])c([2H])c34)c([2H])c2[2H])c([2H])c1[2H]. The van der Waals surface area contributed by atoms with Crippen molar-refractivity contribution >= 4 is 82.9 Å². The third-order valence-electron chi connectivity index (χ3n) is 8.20. The Kier molecular flexibility index (Phi) is 2.66. The lowest BCUT2D eigenvalue weighted by Crippen LogP contribution is -2.10. The van der Waals surface area contributed by atoms with Crippen LogP contribution in [0.4, 0.5) is 17.1 Å². The van der Waals surface area contributed by atoms with Gasteiger partial charge in [-0.05, 0) is 65.0 Å². The summed E-state index contributed by atoms with van der Waals surface area (Å²) in [6, 6.07) is -27.5. The molecule has 0 aliphatic carbocycles. The minimum Gasteiger partial charge on any atom is -0.456 e. The molecule has 4 nitrogen and oxygen atoms in total. The molecule has 0 amide bonds. The molecule has 0 spiro atoms. The fraction of sp³-hybridized carbons (Fsp3) is 0. The number of nitrogens with zero attached hydrogens (tertiary/aromatic N) is 1. The quantitative estimate of drug-likeness (QED) is 0.180. The summed E-state index contributed by atoms with van der Waals surface area (Å²) in [5.41, 5.74) is -10.2. The van der Waals surface area contributed by atoms with E-state index in [9.17, 15) is 12.3 Å². The Bertz CT molecular complexity index is 4740. The van der Waals surface area contributed by atoms with E-state index in [1.165, 1.54) is 0 Å². The molecule has 11 rings (SSSR count). The number of benzene rings is 8. The summed E-state index contributed by atoms with van der Waals surface area (Å²) in [4.78, 5) is 0.469. The van der Waals surface area contributed by atoms with Crippen molar-refractivity contribution in [2.75, 3.05) is 4.90 Å². The van der Waals surface area contributed by atoms with Crippen molar-refractivity contribution in [3.05, 3.63) is 175 Å². The molecule has 3 aromatic heterocycles. The van der Waals surface area contributed by atoms with Gasteiger partial charge in [0.1, 0.15) is 27.9 Å². The van der Waals surface area contributed by atoms with Crippen molar-refractivity contribution in [2.24, 2.45) is 0 Å². The highest BCUT2D eigenvalue weighted by molar-refractivity contribution is 6.23. The molecule has 244 valence electrons. The maximum absolute atomic E-state index is 10.0. The van der Waals surface area contributed by atoms with Crippen molar-refractivity contribution < 1.29 is 53.0 Å². The highest BCUT2D eigenvalue weighted by Crippen LogP contribution is 2.47. The van der Waals surface area contributed by atoms with Gasteiger partial charge in [-0.1, -0.05) is 121 Å². The molecule has 0 unspecified atom stereocenters. The van der Waals surface area contributed by atoms with E-state index in [4.69, 9.17) is 40.7 Å². The van der Waals surface area contributed by atoms with Gasteiger partial charge in [-0.3, -0.25) is 0 Å². The van der Waals surface area contributed by atoms with Crippen molar-refractivity contribution in [2.45, 2.75) is 0 Å². The molecule has 0 saturated carbocycles. The normalized spacial score (nSPS) is 19.7. The summed E-state index contributed by atoms with van der Waals surface area (Å²) in [5.74, 6) is 0. The second-order valence-electron chi connectivity index (χ2n) is 11.0. The predicted molar refractivity (Wildman–Crippen MR) is 214 cm³/mol. The second-order valence-corrected chi connectivity index (χ2v) is 11.0. The molecule has 3 heterocycles. The van der Waals surface area contributed by atoms with Crippen LogP contribution in [0.5, 0.6) is 0 Å². The molecule has 0 atom stereocenters. The minimum atomic E-state index is -1.21. The van der Waals surface area contributed by atoms with Crippen molar-refractivity contribution in [3.8, 4) is 22.3 Å². The first-order chi connectivity index (χ1) is 37.9. The molecular formula is C48H29NO3. The maximum Gasteiger partial charge on any atom is 0.159 e. The molecule has 0 N–H and O–H groups in total. The summed E-state index contributed by atoms with van der Waals surface area (Å²) in [7, 11) is 0. The van der Waals surface area contributed by atoms with Crippen molar-refractivity contribution in [1.82, 2.24) is 0 Å². The summed E-state index contributed by atoms with van der Waals surface area (Å²) < 4.78 is 278. The van der Waals surface area contributed by atoms with Crippen LogP contribution in [0.2, 0.25) is 0 Å². The minimum absolute atomic E-state index is 0.459. The fourth-order valence-corrected chi connectivity index (χ4v) is 6.02. The van der Waals surface area contributed by atoms with Gasteiger partial charge in [0.05, 0.1) is 51.1 Å². The Hall–Kier alpha value is -7.04. The van der Waals surface area contributed by atoms with Gasteiger partial charge >= 0.3 is 0 Å². The number of rotatable bonds is 5. The van der Waals surface area contributed by atoms with Crippen LogP contribution >= 0.6 is 0 Å². The van der Waals surface area contributed by atoms with E-state index < -0.39 is 280 Å². The molecule has 0 aliphatic rings. The Labute approximate surface area is 339 Å². The average molecular weight is 697 g/mol. The molecule has 0 fully saturated rings. The van der Waals surface area contributed by atoms with Gasteiger partial charge in [0.15, 0.2) is 5.58 Å². The van der Waals surface area contributed by atoms with Gasteiger partial charge < -0.3 is 18.2 Å². The molecular weight excluding hydrogens is 639 g/mol. The highest BCUT2D eigenvalue weighted by Gasteiger charge is 2.23. The smallest absolute Gasteiger partial charge is 0.159 e. The standard InChI is InChI=1S/C48H29NO3/c1-3-12-30(13-4-1)31-22-24-33(25-23-31)49(40-19-11-18-37-35-16-7-9-20-41(35)51-47(37)40)34-26-27-36-39-29-44-46(38-17-8-10-21-42(38)50-44)45(32-14-5-2-6-15-32)48(39)52-43(36)28-34/h1-29H/i1D,2D,3D,4D,5D,6D,7D,8D,9D,10D,11D,12D,13D,14D,15D,16D,17D,18D,19D,20D,21D,22D,23D,24D,25D,26D,27D,28D,29D. The molecule has 4 heteroatoms. The predicted octanol–water partition coefficient (Wildman–Crippen LogP) is 14.2. The molecule has 0 aliphatic heterocycles. The monoisotopic (exact) mass is 696 g/mol. The Morgan fingerprint density at radius 2 is 0.962 bits per heavy atom. The average Bonchev–Trinajstić information content (AvgIpc) is 4.38. The highest BCUT2D eigenvalue weighted by atomic mass is 16.3. The Morgan fingerprint density at radius 1 is 0.365 bits per heavy atom. The van der Waals surface area contributed by atoms with Gasteiger partial charge in [-0.15, -0.1) is 0 Å². The van der Waals surface area contributed by atoms with E-state index in [1.807, 2.05) is 0 Å². The first kappa shape index (κ1) is 12.3. The largest absolute Gasteiger partial charge is 0.456 e. The van der Waals surface area contributed by atoms with Crippen LogP contribution in [0.15, 0.2) is 188 Å². The summed E-state index contributed by atoms with van der Waals surface area (Å²) in [5, 5.41) is -3.25. The van der Waals surface area contributed by atoms with Crippen molar-refractivity contribution in [1.29, 1.82) is 0 Å². The first-order valence-corrected chi connectivity index (χ1v) is 15.1. The third kappa shape index (κ3) is 4.34. The van der Waals surface area contributed by atoms with Crippen LogP contribution in [-0.2, 0) is 0 Å². The topological polar surface area (TPSA) is 42.7 Å². The maximum atomic E-state index is 10.0. The molecule has 0 saturated heterocycles. The summed E-state index contributed by atoms with van der Waals surface area (Å²) in [6.07, 6.45) is 0. The zero-order valence-corrected chi connectivity index (χ0v) is 25.7. The lowest BCUT2D eigenvalue weighted by atomic mass is 9.96. The van der Waals surface area contributed by atoms with Gasteiger partial charge in [0, 0.05) is 49.6 Å². The van der Waals surface area contributed by atoms with Crippen LogP contribution in [0.3, 0.4) is 0 Å². The first-order valence-electron chi connectivity index (χ1n) is 29.6. The number of anilines is 3. The number of hydrogen-bond acceptors (Lipinski definition) is 4. The number of furan rings is 3. The fourth-order valence-electron chi connectivity index (χ4n) is 6.02. The molecule has 8 aromatic carbocycles. The van der Waals surface area contributed by atoms with Gasteiger partial charge in [0.2, 0.25) is 0 Å². The van der Waals surface area contributed by atoms with Gasteiger partial charge in [-0.25, -0.2) is 0 Å². The van der Waals surface area contributed by atoms with Crippen LogP contribution in [0.1, 0.15) is 39.8 Å². The van der Waals surface area contributed by atoms with Crippen LogP contribution in [0, 0.1) is 0 Å². The van der Waals surface area contributed by atoms with Crippen LogP contribution in [-0.4, -0.2) is 0 Å². The molecule has 0 radical (unpaired) electrons. The van der Waals surface area contributed by atoms with E-state index in [0.717, 1.165) is 0 Å². The van der Waals surface area contributed by atoms with Gasteiger partial charge in [-0.2, -0.15) is 0 Å². The van der Waals surface area contributed by atoms with E-state index >= 15 is 0 Å². The number of hydrogen-bond donors (Lipinski definition) is 0. The van der Waals surface area contributed by atoms with E-state index in [0.29, 0.717) is 4.90 Å². The van der Waals surface area contributed by atoms with Crippen LogP contribution < -0.4 is 4.90 Å². The van der Waals surface area contributed by atoms with Gasteiger partial charge in [0.25, 0.3) is 0 Å². The number of fused-ring (bicyclic) bond motifs is 9. The molecule has 52 heavy (non-hydrogen) atoms. The Morgan fingerprint density at radius 3 is 1.75 bits per heavy atom. The van der Waals surface area contributed by atoms with Crippen molar-refractivity contribution in [3.63, 3.8) is 0 Å². The Balaban J connectivity index is 1.37. The zero-order chi connectivity index (χ0) is 59.4. The molecule has 11 aromatic rings.